The molecule has 3 amide bonds. The van der Waals surface area contributed by atoms with Crippen molar-refractivity contribution >= 4 is 23.3 Å². The van der Waals surface area contributed by atoms with Gasteiger partial charge in [0.1, 0.15) is 11.4 Å². The highest BCUT2D eigenvalue weighted by Crippen LogP contribution is 2.38. The molecule has 40 heavy (non-hydrogen) atoms. The maximum Gasteiger partial charge on any atom is 0.418 e. The molecule has 0 aliphatic carbocycles. The van der Waals surface area contributed by atoms with Crippen molar-refractivity contribution in [3.8, 4) is 22.7 Å². The number of primary amides is 1. The molecule has 2 aliphatic rings. The number of ether oxygens (including phenoxy) is 1. The third-order valence-electron chi connectivity index (χ3n) is 7.11. The molecule has 5 rings (SSSR count). The average Bonchev–Trinajstić information content (AvgIpc) is 3.56. The van der Waals surface area contributed by atoms with Gasteiger partial charge < -0.3 is 20.7 Å². The lowest BCUT2D eigenvalue weighted by atomic mass is 10.0. The van der Waals surface area contributed by atoms with E-state index in [9.17, 15) is 27.6 Å². The van der Waals surface area contributed by atoms with Gasteiger partial charge in [-0.2, -0.15) is 23.0 Å². The van der Waals surface area contributed by atoms with E-state index in [4.69, 9.17) is 10.5 Å². The number of hydrogen-bond donors (Lipinski definition) is 2. The van der Waals surface area contributed by atoms with Crippen LogP contribution >= 0.6 is 0 Å². The SMILES string of the molecule is COc1cccc(-c2nn(-c3cc(N4CCC(NC(C)=O)C4)ccc3C(F)(F)F)c(=O)c3c2CCN3C(N)=O)c1. The predicted octanol–water partition coefficient (Wildman–Crippen LogP) is 3.08. The third-order valence-corrected chi connectivity index (χ3v) is 7.11. The Hall–Kier alpha value is -4.55. The van der Waals surface area contributed by atoms with Gasteiger partial charge in [-0.15, -0.1) is 0 Å². The van der Waals surface area contributed by atoms with Crippen molar-refractivity contribution in [2.45, 2.75) is 32.0 Å². The molecule has 1 saturated heterocycles. The molecule has 1 unspecified atom stereocenters. The molecule has 2 aromatic carbocycles. The molecule has 0 radical (unpaired) electrons. The monoisotopic (exact) mass is 556 g/mol. The molecule has 13 heteroatoms. The van der Waals surface area contributed by atoms with E-state index in [1.54, 1.807) is 24.3 Å². The lowest BCUT2D eigenvalue weighted by Crippen LogP contribution is -2.39. The van der Waals surface area contributed by atoms with Crippen LogP contribution in [0.2, 0.25) is 0 Å². The number of alkyl halides is 3. The lowest BCUT2D eigenvalue weighted by molar-refractivity contribution is -0.137. The summed E-state index contributed by atoms with van der Waals surface area (Å²) < 4.78 is 48.8. The van der Waals surface area contributed by atoms with Crippen LogP contribution < -0.4 is 31.1 Å². The number of urea groups is 1. The van der Waals surface area contributed by atoms with E-state index in [0.29, 0.717) is 46.8 Å². The number of aromatic nitrogens is 2. The fourth-order valence-electron chi connectivity index (χ4n) is 5.32. The molecule has 0 bridgehead atoms. The minimum Gasteiger partial charge on any atom is -0.497 e. The molecule has 210 valence electrons. The Morgan fingerprint density at radius 2 is 1.93 bits per heavy atom. The number of hydrogen-bond acceptors (Lipinski definition) is 6. The van der Waals surface area contributed by atoms with E-state index in [1.807, 2.05) is 4.90 Å². The zero-order chi connectivity index (χ0) is 28.8. The first kappa shape index (κ1) is 27.0. The smallest absolute Gasteiger partial charge is 0.418 e. The molecule has 0 saturated carbocycles. The molecule has 3 heterocycles. The number of fused-ring (bicyclic) bond motifs is 1. The van der Waals surface area contributed by atoms with Crippen molar-refractivity contribution in [3.63, 3.8) is 0 Å². The topological polar surface area (TPSA) is 123 Å². The molecule has 1 aromatic heterocycles. The van der Waals surface area contributed by atoms with Gasteiger partial charge in [-0.05, 0) is 43.2 Å². The van der Waals surface area contributed by atoms with Gasteiger partial charge in [0, 0.05) is 49.4 Å². The highest BCUT2D eigenvalue weighted by molar-refractivity contribution is 5.94. The summed E-state index contributed by atoms with van der Waals surface area (Å²) in [5.74, 6) is 0.286. The largest absolute Gasteiger partial charge is 0.497 e. The first-order chi connectivity index (χ1) is 19.0. The highest BCUT2D eigenvalue weighted by Gasteiger charge is 2.38. The molecule has 0 spiro atoms. The van der Waals surface area contributed by atoms with Crippen LogP contribution in [0.25, 0.3) is 16.9 Å². The zero-order valence-electron chi connectivity index (χ0n) is 21.8. The van der Waals surface area contributed by atoms with Gasteiger partial charge in [0.15, 0.2) is 0 Å². The van der Waals surface area contributed by atoms with Gasteiger partial charge in [0.25, 0.3) is 5.56 Å². The second-order valence-electron chi connectivity index (χ2n) is 9.70. The maximum absolute atomic E-state index is 14.3. The van der Waals surface area contributed by atoms with Crippen molar-refractivity contribution in [3.05, 3.63) is 63.9 Å². The number of rotatable bonds is 5. The van der Waals surface area contributed by atoms with Crippen molar-refractivity contribution in [2.24, 2.45) is 5.73 Å². The number of carbonyl (C=O) groups excluding carboxylic acids is 2. The fourth-order valence-corrected chi connectivity index (χ4v) is 5.32. The first-order valence-corrected chi connectivity index (χ1v) is 12.6. The Kier molecular flexibility index (Phi) is 6.90. The number of halogens is 3. The summed E-state index contributed by atoms with van der Waals surface area (Å²) in [5.41, 5.74) is 4.57. The van der Waals surface area contributed by atoms with Crippen molar-refractivity contribution in [1.82, 2.24) is 15.1 Å². The van der Waals surface area contributed by atoms with E-state index >= 15 is 0 Å². The molecule has 1 atom stereocenters. The minimum absolute atomic E-state index is 0.0903. The van der Waals surface area contributed by atoms with Gasteiger partial charge in [-0.1, -0.05) is 12.1 Å². The second-order valence-corrected chi connectivity index (χ2v) is 9.70. The summed E-state index contributed by atoms with van der Waals surface area (Å²) in [6.07, 6.45) is -3.95. The van der Waals surface area contributed by atoms with Crippen LogP contribution in [0.1, 0.15) is 24.5 Å². The summed E-state index contributed by atoms with van der Waals surface area (Å²) in [6, 6.07) is 9.19. The Morgan fingerprint density at radius 1 is 1.15 bits per heavy atom. The highest BCUT2D eigenvalue weighted by atomic mass is 19.4. The number of methoxy groups -OCH3 is 1. The number of anilines is 2. The van der Waals surface area contributed by atoms with Crippen LogP contribution in [0.5, 0.6) is 5.75 Å². The maximum atomic E-state index is 14.3. The summed E-state index contributed by atoms with van der Waals surface area (Å²) in [7, 11) is 1.47. The Labute approximate surface area is 227 Å². The molecular weight excluding hydrogens is 529 g/mol. The Balaban J connectivity index is 1.72. The zero-order valence-corrected chi connectivity index (χ0v) is 21.8. The van der Waals surface area contributed by atoms with E-state index in [0.717, 1.165) is 11.0 Å². The third kappa shape index (κ3) is 4.94. The van der Waals surface area contributed by atoms with E-state index in [1.165, 1.54) is 26.2 Å². The number of nitrogens with zero attached hydrogens (tertiary/aromatic N) is 4. The van der Waals surface area contributed by atoms with Crippen molar-refractivity contribution in [2.75, 3.05) is 36.5 Å². The summed E-state index contributed by atoms with van der Waals surface area (Å²) in [4.78, 5) is 40.4. The number of nitrogens with one attached hydrogen (secondary N) is 1. The van der Waals surface area contributed by atoms with Gasteiger partial charge in [-0.25, -0.2) is 4.79 Å². The first-order valence-electron chi connectivity index (χ1n) is 12.6. The summed E-state index contributed by atoms with van der Waals surface area (Å²) >= 11 is 0. The Bertz CT molecular complexity index is 1550. The standard InChI is InChI=1S/C27H27F3N6O4/c1-15(37)32-17-8-10-34(14-17)18-6-7-21(27(28,29)30)22(13-18)36-25(38)24-20(9-11-35(24)26(31)39)23(33-36)16-4-3-5-19(12-16)40-2/h3-7,12-13,17H,8-11,14H2,1-2H3,(H2,31,39)(H,32,37). The van der Waals surface area contributed by atoms with E-state index in [-0.39, 0.29) is 36.3 Å². The predicted molar refractivity (Wildman–Crippen MR) is 142 cm³/mol. The average molecular weight is 557 g/mol. The molecule has 1 fully saturated rings. The van der Waals surface area contributed by atoms with Gasteiger partial charge in [-0.3, -0.25) is 14.5 Å². The quantitative estimate of drug-likeness (QED) is 0.498. The van der Waals surface area contributed by atoms with Crippen LogP contribution in [0.3, 0.4) is 0 Å². The number of nitrogens with two attached hydrogens (primary N) is 1. The molecule has 10 nitrogen and oxygen atoms in total. The normalized spacial score (nSPS) is 16.7. The van der Waals surface area contributed by atoms with Crippen LogP contribution in [0.4, 0.5) is 29.3 Å². The summed E-state index contributed by atoms with van der Waals surface area (Å²) in [6.45, 7) is 2.38. The molecule has 3 aromatic rings. The van der Waals surface area contributed by atoms with Crippen LogP contribution in [0.15, 0.2) is 47.3 Å². The van der Waals surface area contributed by atoms with Gasteiger partial charge in [0.05, 0.1) is 24.1 Å². The lowest BCUT2D eigenvalue weighted by Gasteiger charge is -2.23. The Morgan fingerprint density at radius 3 is 2.60 bits per heavy atom. The van der Waals surface area contributed by atoms with E-state index < -0.39 is 29.0 Å². The number of benzene rings is 2. The second kappa shape index (κ2) is 10.2. The van der Waals surface area contributed by atoms with Gasteiger partial charge in [0.2, 0.25) is 5.91 Å². The van der Waals surface area contributed by atoms with Crippen LogP contribution in [-0.2, 0) is 17.4 Å². The fraction of sp³-hybridized carbons (Fsp3) is 0.333. The number of amides is 3. The van der Waals surface area contributed by atoms with Gasteiger partial charge >= 0.3 is 12.2 Å². The van der Waals surface area contributed by atoms with E-state index in [2.05, 4.69) is 10.4 Å². The number of carbonyl (C=O) groups is 2. The molecule has 3 N–H and O–H groups in total. The molecule has 2 aliphatic heterocycles. The van der Waals surface area contributed by atoms with Crippen LogP contribution in [-0.4, -0.2) is 54.5 Å². The summed E-state index contributed by atoms with van der Waals surface area (Å²) in [5, 5.41) is 7.27. The van der Waals surface area contributed by atoms with Crippen molar-refractivity contribution in [1.29, 1.82) is 0 Å². The van der Waals surface area contributed by atoms with Crippen molar-refractivity contribution < 1.29 is 27.5 Å². The van der Waals surface area contributed by atoms with Crippen LogP contribution in [0, 0.1) is 0 Å². The minimum atomic E-state index is -4.81. The molecular formula is C27H27F3N6O4.